The molecule has 0 spiro atoms. The number of hydrogen-bond donors (Lipinski definition) is 1. The molecule has 3 heterocycles. The minimum absolute atomic E-state index is 0.00257. The summed E-state index contributed by atoms with van der Waals surface area (Å²) in [5, 5.41) is 3.19. The van der Waals surface area contributed by atoms with Gasteiger partial charge in [0.2, 0.25) is 5.91 Å². The van der Waals surface area contributed by atoms with Crippen LogP contribution in [-0.2, 0) is 4.79 Å². The first-order valence-electron chi connectivity index (χ1n) is 9.67. The lowest BCUT2D eigenvalue weighted by molar-refractivity contribution is -0.122. The highest BCUT2D eigenvalue weighted by molar-refractivity contribution is 5.92. The molecule has 2 aliphatic rings. The molecule has 2 aromatic rings. The van der Waals surface area contributed by atoms with Crippen molar-refractivity contribution in [3.63, 3.8) is 0 Å². The molecule has 0 saturated carbocycles. The second-order valence-corrected chi connectivity index (χ2v) is 7.34. The summed E-state index contributed by atoms with van der Waals surface area (Å²) in [5.74, 6) is 0.687. The SMILES string of the molecule is COc1cccc([C@@H]2CN(C(=O)c3cnccn3)[C@@H]3CCCCC(=O)N[C@H]32)c1. The van der Waals surface area contributed by atoms with Crippen LogP contribution in [0.15, 0.2) is 42.9 Å². The van der Waals surface area contributed by atoms with Crippen LogP contribution >= 0.6 is 0 Å². The Morgan fingerprint density at radius 2 is 2.18 bits per heavy atom. The van der Waals surface area contributed by atoms with Gasteiger partial charge in [0.25, 0.3) is 5.91 Å². The van der Waals surface area contributed by atoms with Crippen LogP contribution in [0, 0.1) is 0 Å². The molecule has 1 aromatic heterocycles. The first kappa shape index (κ1) is 18.4. The number of amides is 2. The van der Waals surface area contributed by atoms with Crippen molar-refractivity contribution >= 4 is 11.8 Å². The van der Waals surface area contributed by atoms with Gasteiger partial charge in [-0.1, -0.05) is 18.6 Å². The van der Waals surface area contributed by atoms with E-state index in [2.05, 4.69) is 15.3 Å². The van der Waals surface area contributed by atoms with E-state index in [1.165, 1.54) is 12.4 Å². The number of hydrogen-bond acceptors (Lipinski definition) is 5. The first-order chi connectivity index (χ1) is 13.7. The lowest BCUT2D eigenvalue weighted by Gasteiger charge is -2.31. The minimum atomic E-state index is -0.136. The van der Waals surface area contributed by atoms with E-state index in [4.69, 9.17) is 4.74 Å². The molecule has 28 heavy (non-hydrogen) atoms. The minimum Gasteiger partial charge on any atom is -0.497 e. The predicted molar refractivity (Wildman–Crippen MR) is 103 cm³/mol. The fourth-order valence-corrected chi connectivity index (χ4v) is 4.33. The summed E-state index contributed by atoms with van der Waals surface area (Å²) in [5.41, 5.74) is 1.39. The van der Waals surface area contributed by atoms with Gasteiger partial charge in [0.15, 0.2) is 0 Å². The largest absolute Gasteiger partial charge is 0.497 e. The molecule has 2 saturated heterocycles. The number of ether oxygens (including phenoxy) is 1. The van der Waals surface area contributed by atoms with E-state index in [-0.39, 0.29) is 29.8 Å². The van der Waals surface area contributed by atoms with Gasteiger partial charge in [-0.3, -0.25) is 14.6 Å². The van der Waals surface area contributed by atoms with Crippen LogP contribution in [0.1, 0.15) is 47.7 Å². The quantitative estimate of drug-likeness (QED) is 0.882. The van der Waals surface area contributed by atoms with Gasteiger partial charge < -0.3 is 15.0 Å². The number of aromatic nitrogens is 2. The third kappa shape index (κ3) is 3.56. The monoisotopic (exact) mass is 380 g/mol. The average Bonchev–Trinajstić information content (AvgIpc) is 3.07. The molecule has 0 radical (unpaired) electrons. The molecular formula is C21H24N4O3. The standard InChI is InChI=1S/C21H24N4O3/c1-28-15-6-4-5-14(11-15)16-13-25(21(27)17-12-22-9-10-23-17)18-7-2-3-8-19(26)24-20(16)18/h4-6,9-12,16,18,20H,2-3,7-8,13H2,1H3,(H,24,26)/t16-,18+,20-/m0/s1. The third-order valence-electron chi connectivity index (χ3n) is 5.69. The molecule has 1 aromatic carbocycles. The number of methoxy groups -OCH3 is 1. The van der Waals surface area contributed by atoms with E-state index in [1.54, 1.807) is 13.3 Å². The number of carbonyl (C=O) groups excluding carboxylic acids is 2. The van der Waals surface area contributed by atoms with E-state index in [0.29, 0.717) is 18.7 Å². The number of nitrogens with one attached hydrogen (secondary N) is 1. The Morgan fingerprint density at radius 1 is 1.29 bits per heavy atom. The predicted octanol–water partition coefficient (Wildman–Crippen LogP) is 2.15. The molecule has 0 aliphatic carbocycles. The zero-order valence-electron chi connectivity index (χ0n) is 15.9. The Labute approximate surface area is 164 Å². The Balaban J connectivity index is 1.69. The smallest absolute Gasteiger partial charge is 0.274 e. The van der Waals surface area contributed by atoms with Gasteiger partial charge in [0.1, 0.15) is 11.4 Å². The van der Waals surface area contributed by atoms with Crippen LogP contribution in [0.2, 0.25) is 0 Å². The maximum Gasteiger partial charge on any atom is 0.274 e. The Hall–Kier alpha value is -2.96. The molecule has 7 heteroatoms. The number of likely N-dealkylation sites (tertiary alicyclic amines) is 1. The van der Waals surface area contributed by atoms with Crippen molar-refractivity contribution in [3.05, 3.63) is 54.1 Å². The summed E-state index contributed by atoms with van der Waals surface area (Å²) in [6.07, 6.45) is 7.73. The third-order valence-corrected chi connectivity index (χ3v) is 5.69. The molecule has 3 atom stereocenters. The number of nitrogens with zero attached hydrogens (tertiary/aromatic N) is 3. The van der Waals surface area contributed by atoms with E-state index >= 15 is 0 Å². The van der Waals surface area contributed by atoms with Crippen molar-refractivity contribution in [1.82, 2.24) is 20.2 Å². The lowest BCUT2D eigenvalue weighted by atomic mass is 9.88. The van der Waals surface area contributed by atoms with E-state index in [0.717, 1.165) is 30.6 Å². The lowest BCUT2D eigenvalue weighted by Crippen LogP contribution is -2.49. The molecule has 4 rings (SSSR count). The van der Waals surface area contributed by atoms with E-state index < -0.39 is 0 Å². The molecule has 0 bridgehead atoms. The summed E-state index contributed by atoms with van der Waals surface area (Å²) in [6.45, 7) is 0.526. The number of fused-ring (bicyclic) bond motifs is 1. The normalized spacial score (nSPS) is 24.7. The summed E-state index contributed by atoms with van der Waals surface area (Å²) in [7, 11) is 1.64. The molecule has 146 valence electrons. The van der Waals surface area contributed by atoms with Gasteiger partial charge in [-0.05, 0) is 30.5 Å². The van der Waals surface area contributed by atoms with Crippen molar-refractivity contribution in [2.45, 2.75) is 43.7 Å². The number of benzene rings is 1. The zero-order chi connectivity index (χ0) is 19.5. The molecular weight excluding hydrogens is 356 g/mol. The molecule has 7 nitrogen and oxygen atoms in total. The van der Waals surface area contributed by atoms with Crippen LogP contribution in [-0.4, -0.2) is 52.4 Å². The van der Waals surface area contributed by atoms with Crippen LogP contribution in [0.3, 0.4) is 0 Å². The maximum absolute atomic E-state index is 13.2. The van der Waals surface area contributed by atoms with Gasteiger partial charge in [0, 0.05) is 31.3 Å². The van der Waals surface area contributed by atoms with Crippen molar-refractivity contribution in [2.75, 3.05) is 13.7 Å². The van der Waals surface area contributed by atoms with Crippen molar-refractivity contribution in [2.24, 2.45) is 0 Å². The van der Waals surface area contributed by atoms with Crippen LogP contribution < -0.4 is 10.1 Å². The van der Waals surface area contributed by atoms with Crippen LogP contribution in [0.4, 0.5) is 0 Å². The van der Waals surface area contributed by atoms with Crippen molar-refractivity contribution < 1.29 is 14.3 Å². The maximum atomic E-state index is 13.2. The number of rotatable bonds is 3. The molecule has 0 unspecified atom stereocenters. The van der Waals surface area contributed by atoms with Gasteiger partial charge in [-0.25, -0.2) is 4.98 Å². The average molecular weight is 380 g/mol. The zero-order valence-corrected chi connectivity index (χ0v) is 15.9. The highest BCUT2D eigenvalue weighted by Crippen LogP contribution is 2.37. The highest BCUT2D eigenvalue weighted by atomic mass is 16.5. The number of carbonyl (C=O) groups is 2. The molecule has 2 aliphatic heterocycles. The van der Waals surface area contributed by atoms with Crippen LogP contribution in [0.5, 0.6) is 5.75 Å². The second kappa shape index (κ2) is 7.96. The summed E-state index contributed by atoms with van der Waals surface area (Å²) >= 11 is 0. The molecule has 2 amide bonds. The second-order valence-electron chi connectivity index (χ2n) is 7.34. The Morgan fingerprint density at radius 3 is 2.96 bits per heavy atom. The fraction of sp³-hybridized carbons (Fsp3) is 0.429. The Bertz CT molecular complexity index is 858. The Kier molecular flexibility index (Phi) is 5.23. The summed E-state index contributed by atoms with van der Waals surface area (Å²) in [4.78, 5) is 35.6. The van der Waals surface area contributed by atoms with Gasteiger partial charge in [0.05, 0.1) is 25.4 Å². The van der Waals surface area contributed by atoms with Crippen molar-refractivity contribution in [3.8, 4) is 5.75 Å². The summed E-state index contributed by atoms with van der Waals surface area (Å²) < 4.78 is 5.37. The topological polar surface area (TPSA) is 84.4 Å². The van der Waals surface area contributed by atoms with E-state index in [9.17, 15) is 9.59 Å². The summed E-state index contributed by atoms with van der Waals surface area (Å²) in [6, 6.07) is 7.68. The van der Waals surface area contributed by atoms with Crippen molar-refractivity contribution in [1.29, 1.82) is 0 Å². The highest BCUT2D eigenvalue weighted by Gasteiger charge is 2.45. The molecule has 2 fully saturated rings. The first-order valence-corrected chi connectivity index (χ1v) is 9.67. The fourth-order valence-electron chi connectivity index (χ4n) is 4.33. The van der Waals surface area contributed by atoms with Gasteiger partial charge in [-0.15, -0.1) is 0 Å². The van der Waals surface area contributed by atoms with Gasteiger partial charge >= 0.3 is 0 Å². The van der Waals surface area contributed by atoms with Gasteiger partial charge in [-0.2, -0.15) is 0 Å². The molecule has 1 N–H and O–H groups in total. The van der Waals surface area contributed by atoms with E-state index in [1.807, 2.05) is 29.2 Å². The van der Waals surface area contributed by atoms with Crippen LogP contribution in [0.25, 0.3) is 0 Å².